The number of sulfone groups is 1. The van der Waals surface area contributed by atoms with Gasteiger partial charge in [-0.1, -0.05) is 17.7 Å². The summed E-state index contributed by atoms with van der Waals surface area (Å²) in [6.45, 7) is 1.21. The summed E-state index contributed by atoms with van der Waals surface area (Å²) in [7, 11) is -2.15. The van der Waals surface area contributed by atoms with Crippen LogP contribution in [0.5, 0.6) is 11.5 Å². The zero-order chi connectivity index (χ0) is 23.6. The second-order valence-corrected chi connectivity index (χ2v) is 9.72. The first-order valence-corrected chi connectivity index (χ1v) is 12.0. The average molecular weight is 490 g/mol. The molecule has 2 heterocycles. The third-order valence-electron chi connectivity index (χ3n) is 4.74. The van der Waals surface area contributed by atoms with Gasteiger partial charge in [0.15, 0.2) is 17.1 Å². The number of methoxy groups -OCH3 is 1. The smallest absolute Gasteiger partial charge is 0.331 e. The maximum absolute atomic E-state index is 13.2. The van der Waals surface area contributed by atoms with Crippen molar-refractivity contribution in [3.05, 3.63) is 51.5 Å². The van der Waals surface area contributed by atoms with E-state index < -0.39 is 40.3 Å². The normalized spacial score (nSPS) is 13.0. The summed E-state index contributed by atoms with van der Waals surface area (Å²) in [5.41, 5.74) is -0.283. The SMILES string of the molecule is CCOc1cc(C(CS(C)(=O)=O)n2c(=O)n(CC(F)F)c3cc(Cl)cnc32)ccc1OC. The average Bonchev–Trinajstić information content (AvgIpc) is 2.96. The molecule has 0 amide bonds. The Hall–Kier alpha value is -2.66. The van der Waals surface area contributed by atoms with Gasteiger partial charge in [-0.25, -0.2) is 27.0 Å². The Morgan fingerprint density at radius 1 is 1.22 bits per heavy atom. The molecule has 1 atom stereocenters. The number of pyridine rings is 1. The van der Waals surface area contributed by atoms with Crippen molar-refractivity contribution >= 4 is 32.6 Å². The number of nitrogens with zero attached hydrogens (tertiary/aromatic N) is 3. The van der Waals surface area contributed by atoms with Crippen LogP contribution in [-0.4, -0.2) is 54.7 Å². The highest BCUT2D eigenvalue weighted by Gasteiger charge is 2.28. The van der Waals surface area contributed by atoms with Gasteiger partial charge in [0.25, 0.3) is 6.43 Å². The molecule has 0 N–H and O–H groups in total. The quantitative estimate of drug-likeness (QED) is 0.458. The molecule has 32 heavy (non-hydrogen) atoms. The number of aromatic nitrogens is 3. The molecule has 2 aromatic heterocycles. The van der Waals surface area contributed by atoms with Crippen LogP contribution in [-0.2, 0) is 16.4 Å². The van der Waals surface area contributed by atoms with Crippen molar-refractivity contribution in [1.82, 2.24) is 14.1 Å². The van der Waals surface area contributed by atoms with E-state index in [0.717, 1.165) is 15.4 Å². The zero-order valence-corrected chi connectivity index (χ0v) is 19.2. The largest absolute Gasteiger partial charge is 0.493 e. The molecule has 0 aliphatic rings. The van der Waals surface area contributed by atoms with Gasteiger partial charge in [-0.05, 0) is 30.7 Å². The monoisotopic (exact) mass is 489 g/mol. The molecule has 0 aliphatic carbocycles. The number of halogens is 3. The summed E-state index contributed by atoms with van der Waals surface area (Å²) in [6, 6.07) is 5.04. The van der Waals surface area contributed by atoms with Crippen LogP contribution in [0.15, 0.2) is 35.3 Å². The number of imidazole rings is 1. The van der Waals surface area contributed by atoms with Gasteiger partial charge in [0.2, 0.25) is 0 Å². The Labute approximate surface area is 188 Å². The van der Waals surface area contributed by atoms with Crippen molar-refractivity contribution in [3.8, 4) is 11.5 Å². The molecular weight excluding hydrogens is 468 g/mol. The van der Waals surface area contributed by atoms with E-state index >= 15 is 0 Å². The molecule has 8 nitrogen and oxygen atoms in total. The van der Waals surface area contributed by atoms with E-state index in [1.54, 1.807) is 25.1 Å². The van der Waals surface area contributed by atoms with Crippen molar-refractivity contribution in [2.24, 2.45) is 0 Å². The van der Waals surface area contributed by atoms with Gasteiger partial charge in [-0.2, -0.15) is 0 Å². The molecule has 0 aliphatic heterocycles. The van der Waals surface area contributed by atoms with Crippen LogP contribution in [0.1, 0.15) is 18.5 Å². The van der Waals surface area contributed by atoms with E-state index in [0.29, 0.717) is 23.7 Å². The Morgan fingerprint density at radius 3 is 2.53 bits per heavy atom. The van der Waals surface area contributed by atoms with E-state index in [-0.39, 0.29) is 16.2 Å². The molecule has 3 aromatic rings. The van der Waals surface area contributed by atoms with Crippen LogP contribution in [0.3, 0.4) is 0 Å². The van der Waals surface area contributed by atoms with Crippen LogP contribution < -0.4 is 15.2 Å². The molecule has 1 unspecified atom stereocenters. The molecule has 0 saturated carbocycles. The lowest BCUT2D eigenvalue weighted by molar-refractivity contribution is 0.126. The van der Waals surface area contributed by atoms with Crippen LogP contribution in [0, 0.1) is 0 Å². The summed E-state index contributed by atoms with van der Waals surface area (Å²) in [6.07, 6.45) is -0.519. The highest BCUT2D eigenvalue weighted by molar-refractivity contribution is 7.90. The van der Waals surface area contributed by atoms with Crippen LogP contribution in [0.25, 0.3) is 11.2 Å². The summed E-state index contributed by atoms with van der Waals surface area (Å²) in [4.78, 5) is 17.4. The lowest BCUT2D eigenvalue weighted by Crippen LogP contribution is -2.32. The van der Waals surface area contributed by atoms with E-state index in [4.69, 9.17) is 21.1 Å². The van der Waals surface area contributed by atoms with Gasteiger partial charge in [-0.15, -0.1) is 0 Å². The molecule has 0 fully saturated rings. The van der Waals surface area contributed by atoms with E-state index in [1.165, 1.54) is 19.4 Å². The third-order valence-corrected chi connectivity index (χ3v) is 5.86. The lowest BCUT2D eigenvalue weighted by Gasteiger charge is -2.20. The first-order chi connectivity index (χ1) is 15.1. The standard InChI is InChI=1S/C20H22ClF2N3O5S/c1-4-31-17-7-12(5-6-16(17)30-2)15(11-32(3,28)29)26-19-14(8-13(21)9-24-19)25(20(26)27)10-18(22)23/h5-9,15,18H,4,10-11H2,1-3H3. The predicted molar refractivity (Wildman–Crippen MR) is 117 cm³/mol. The minimum absolute atomic E-state index is 0.0440. The van der Waals surface area contributed by atoms with Crippen molar-refractivity contribution < 1.29 is 26.7 Å². The third kappa shape index (κ3) is 5.04. The molecule has 1 aromatic carbocycles. The number of ether oxygens (including phenoxy) is 2. The highest BCUT2D eigenvalue weighted by atomic mass is 35.5. The summed E-state index contributed by atoms with van der Waals surface area (Å²) in [5.74, 6) is 0.306. The summed E-state index contributed by atoms with van der Waals surface area (Å²) >= 11 is 5.98. The predicted octanol–water partition coefficient (Wildman–Crippen LogP) is 3.16. The van der Waals surface area contributed by atoms with Gasteiger partial charge in [0.1, 0.15) is 9.84 Å². The fourth-order valence-electron chi connectivity index (χ4n) is 3.50. The molecule has 0 radical (unpaired) electrons. The number of hydrogen-bond donors (Lipinski definition) is 0. The molecule has 3 rings (SSSR count). The second kappa shape index (κ2) is 9.45. The maximum Gasteiger partial charge on any atom is 0.331 e. The fraction of sp³-hybridized carbons (Fsp3) is 0.400. The van der Waals surface area contributed by atoms with Gasteiger partial charge in [0.05, 0.1) is 42.6 Å². The highest BCUT2D eigenvalue weighted by Crippen LogP contribution is 2.33. The minimum atomic E-state index is -3.61. The van der Waals surface area contributed by atoms with Crippen molar-refractivity contribution in [3.63, 3.8) is 0 Å². The van der Waals surface area contributed by atoms with E-state index in [9.17, 15) is 22.0 Å². The van der Waals surface area contributed by atoms with Crippen LogP contribution in [0.4, 0.5) is 8.78 Å². The zero-order valence-electron chi connectivity index (χ0n) is 17.6. The number of benzene rings is 1. The van der Waals surface area contributed by atoms with Gasteiger partial charge in [-0.3, -0.25) is 9.13 Å². The second-order valence-electron chi connectivity index (χ2n) is 7.10. The molecule has 12 heteroatoms. The van der Waals surface area contributed by atoms with Gasteiger partial charge < -0.3 is 9.47 Å². The molecule has 0 saturated heterocycles. The molecule has 174 valence electrons. The number of fused-ring (bicyclic) bond motifs is 1. The van der Waals surface area contributed by atoms with Gasteiger partial charge >= 0.3 is 5.69 Å². The van der Waals surface area contributed by atoms with Crippen molar-refractivity contribution in [2.75, 3.05) is 25.7 Å². The number of rotatable bonds is 9. The minimum Gasteiger partial charge on any atom is -0.493 e. The number of alkyl halides is 2. The Balaban J connectivity index is 2.31. The first-order valence-electron chi connectivity index (χ1n) is 9.58. The van der Waals surface area contributed by atoms with Crippen molar-refractivity contribution in [1.29, 1.82) is 0 Å². The van der Waals surface area contributed by atoms with E-state index in [2.05, 4.69) is 4.98 Å². The molecular formula is C20H22ClF2N3O5S. The Kier molecular flexibility index (Phi) is 7.09. The van der Waals surface area contributed by atoms with Gasteiger partial charge in [0, 0.05) is 12.5 Å². The summed E-state index contributed by atoms with van der Waals surface area (Å²) in [5, 5.41) is 0.153. The lowest BCUT2D eigenvalue weighted by atomic mass is 10.1. The first kappa shape index (κ1) is 24.0. The molecule has 0 bridgehead atoms. The Bertz CT molecular complexity index is 1290. The topological polar surface area (TPSA) is 92.4 Å². The van der Waals surface area contributed by atoms with Crippen molar-refractivity contribution in [2.45, 2.75) is 25.9 Å². The van der Waals surface area contributed by atoms with E-state index in [1.807, 2.05) is 0 Å². The summed E-state index contributed by atoms with van der Waals surface area (Å²) < 4.78 is 63.7. The van der Waals surface area contributed by atoms with Crippen LogP contribution in [0.2, 0.25) is 5.02 Å². The number of hydrogen-bond acceptors (Lipinski definition) is 6. The Morgan fingerprint density at radius 2 is 1.94 bits per heavy atom. The molecule has 0 spiro atoms. The maximum atomic E-state index is 13.2. The fourth-order valence-corrected chi connectivity index (χ4v) is 4.57. The van der Waals surface area contributed by atoms with Crippen LogP contribution >= 0.6 is 11.6 Å².